The molecule has 8 nitrogen and oxygen atoms in total. The quantitative estimate of drug-likeness (QED) is 0.543. The number of hydrogen-bond acceptors (Lipinski definition) is 8. The SMILES string of the molecule is CCc1cccc(C(=O)OC(=O)C(O)CC)c1C(=O)OC(=O)C(O)CC. The van der Waals surface area contributed by atoms with Crippen LogP contribution < -0.4 is 0 Å². The third-order valence-electron chi connectivity index (χ3n) is 3.66. The first kappa shape index (κ1) is 21.5. The summed E-state index contributed by atoms with van der Waals surface area (Å²) < 4.78 is 9.21. The molecule has 0 radical (unpaired) electrons. The van der Waals surface area contributed by atoms with Crippen LogP contribution >= 0.6 is 0 Å². The molecule has 0 spiro atoms. The van der Waals surface area contributed by atoms with E-state index >= 15 is 0 Å². The van der Waals surface area contributed by atoms with E-state index in [9.17, 15) is 29.4 Å². The zero-order valence-corrected chi connectivity index (χ0v) is 14.9. The van der Waals surface area contributed by atoms with Gasteiger partial charge in [0.1, 0.15) is 0 Å². The van der Waals surface area contributed by atoms with E-state index in [1.165, 1.54) is 26.0 Å². The molecule has 0 bridgehead atoms. The van der Waals surface area contributed by atoms with E-state index in [-0.39, 0.29) is 24.0 Å². The van der Waals surface area contributed by atoms with Gasteiger partial charge in [-0.2, -0.15) is 0 Å². The molecule has 2 atom stereocenters. The van der Waals surface area contributed by atoms with Crippen molar-refractivity contribution in [2.45, 2.75) is 52.2 Å². The molecule has 0 aromatic heterocycles. The minimum Gasteiger partial charge on any atom is -0.387 e. The second-order valence-electron chi connectivity index (χ2n) is 5.46. The number of rotatable bonds is 7. The molecule has 8 heteroatoms. The van der Waals surface area contributed by atoms with E-state index in [0.717, 1.165) is 0 Å². The second-order valence-corrected chi connectivity index (χ2v) is 5.46. The fourth-order valence-corrected chi connectivity index (χ4v) is 2.06. The van der Waals surface area contributed by atoms with Crippen LogP contribution in [0.25, 0.3) is 0 Å². The number of aryl methyl sites for hydroxylation is 1. The number of aliphatic hydroxyl groups excluding tert-OH is 2. The Labute approximate surface area is 150 Å². The van der Waals surface area contributed by atoms with Crippen LogP contribution in [0.5, 0.6) is 0 Å². The molecule has 0 amide bonds. The maximum atomic E-state index is 12.4. The molecular weight excluding hydrogens is 344 g/mol. The normalized spacial score (nSPS) is 12.8. The van der Waals surface area contributed by atoms with E-state index in [4.69, 9.17) is 0 Å². The van der Waals surface area contributed by atoms with Crippen molar-refractivity contribution in [1.29, 1.82) is 0 Å². The third kappa shape index (κ3) is 5.21. The first-order valence-corrected chi connectivity index (χ1v) is 8.26. The summed E-state index contributed by atoms with van der Waals surface area (Å²) in [6, 6.07) is 4.27. The standard InChI is InChI=1S/C18H22O8/c1-4-10-8-7-9-11(15(21)25-16(22)12(19)5-2)14(10)18(24)26-17(23)13(20)6-3/h7-9,12-13,19-20H,4-6H2,1-3H3. The molecular formula is C18H22O8. The van der Waals surface area contributed by atoms with E-state index in [1.807, 2.05) is 0 Å². The predicted octanol–water partition coefficient (Wildman–Crippen LogP) is 1.16. The van der Waals surface area contributed by atoms with E-state index < -0.39 is 36.1 Å². The number of carbonyl (C=O) groups excluding carboxylic acids is 4. The summed E-state index contributed by atoms with van der Waals surface area (Å²) in [5.41, 5.74) is -0.105. The fourth-order valence-electron chi connectivity index (χ4n) is 2.06. The Hall–Kier alpha value is -2.58. The van der Waals surface area contributed by atoms with Gasteiger partial charge in [-0.1, -0.05) is 32.9 Å². The van der Waals surface area contributed by atoms with Crippen LogP contribution in [0.1, 0.15) is 59.9 Å². The fraction of sp³-hybridized carbons (Fsp3) is 0.444. The zero-order valence-electron chi connectivity index (χ0n) is 14.9. The largest absolute Gasteiger partial charge is 0.387 e. The van der Waals surface area contributed by atoms with E-state index in [1.54, 1.807) is 13.0 Å². The highest BCUT2D eigenvalue weighted by atomic mass is 16.6. The lowest BCUT2D eigenvalue weighted by Gasteiger charge is -2.13. The van der Waals surface area contributed by atoms with Crippen molar-refractivity contribution in [3.63, 3.8) is 0 Å². The molecule has 0 aliphatic rings. The molecule has 1 aromatic carbocycles. The van der Waals surface area contributed by atoms with Gasteiger partial charge in [0, 0.05) is 0 Å². The Bertz CT molecular complexity index is 694. The van der Waals surface area contributed by atoms with Gasteiger partial charge in [0.05, 0.1) is 11.1 Å². The van der Waals surface area contributed by atoms with Gasteiger partial charge < -0.3 is 19.7 Å². The molecule has 2 N–H and O–H groups in total. The summed E-state index contributed by atoms with van der Waals surface area (Å²) in [6.45, 7) is 4.78. The molecule has 26 heavy (non-hydrogen) atoms. The van der Waals surface area contributed by atoms with Crippen molar-refractivity contribution in [2.75, 3.05) is 0 Å². The van der Waals surface area contributed by atoms with Gasteiger partial charge >= 0.3 is 23.9 Å². The molecule has 0 aliphatic carbocycles. The highest BCUT2D eigenvalue weighted by molar-refractivity contribution is 6.09. The Balaban J connectivity index is 3.18. The van der Waals surface area contributed by atoms with E-state index in [2.05, 4.69) is 9.47 Å². The summed E-state index contributed by atoms with van der Waals surface area (Å²) in [5, 5.41) is 18.9. The minimum atomic E-state index is -1.47. The second kappa shape index (κ2) is 9.79. The van der Waals surface area contributed by atoms with Gasteiger partial charge in [0.2, 0.25) is 0 Å². The van der Waals surface area contributed by atoms with Gasteiger partial charge in [0.15, 0.2) is 12.2 Å². The molecule has 142 valence electrons. The molecule has 0 heterocycles. The van der Waals surface area contributed by atoms with Crippen LogP contribution in [0.15, 0.2) is 18.2 Å². The molecule has 1 aromatic rings. The molecule has 0 fully saturated rings. The zero-order chi connectivity index (χ0) is 19.9. The van der Waals surface area contributed by atoms with Gasteiger partial charge in [-0.05, 0) is 30.9 Å². The van der Waals surface area contributed by atoms with Crippen LogP contribution in [-0.4, -0.2) is 46.3 Å². The molecule has 0 aliphatic heterocycles. The summed E-state index contributed by atoms with van der Waals surface area (Å²) >= 11 is 0. The summed E-state index contributed by atoms with van der Waals surface area (Å²) in [4.78, 5) is 47.9. The topological polar surface area (TPSA) is 127 Å². The van der Waals surface area contributed by atoms with Gasteiger partial charge in [-0.3, -0.25) is 0 Å². The number of carbonyl (C=O) groups is 4. The first-order valence-electron chi connectivity index (χ1n) is 8.26. The lowest BCUT2D eigenvalue weighted by atomic mass is 9.99. The Morgan fingerprint density at radius 3 is 1.85 bits per heavy atom. The van der Waals surface area contributed by atoms with Crippen LogP contribution in [0.2, 0.25) is 0 Å². The number of hydrogen-bond donors (Lipinski definition) is 2. The summed E-state index contributed by atoms with van der Waals surface area (Å²) in [5.74, 6) is -4.56. The van der Waals surface area contributed by atoms with Crippen molar-refractivity contribution < 1.29 is 38.9 Å². The van der Waals surface area contributed by atoms with Crippen molar-refractivity contribution in [2.24, 2.45) is 0 Å². The van der Waals surface area contributed by atoms with Crippen molar-refractivity contribution >= 4 is 23.9 Å². The lowest BCUT2D eigenvalue weighted by molar-refractivity contribution is -0.148. The number of aliphatic hydroxyl groups is 2. The summed E-state index contributed by atoms with van der Waals surface area (Å²) in [6.07, 6.45) is -2.49. The Morgan fingerprint density at radius 2 is 1.38 bits per heavy atom. The average Bonchev–Trinajstić information content (AvgIpc) is 2.65. The lowest BCUT2D eigenvalue weighted by Crippen LogP contribution is -2.28. The molecule has 2 unspecified atom stereocenters. The van der Waals surface area contributed by atoms with Crippen molar-refractivity contribution in [1.82, 2.24) is 0 Å². The van der Waals surface area contributed by atoms with Crippen LogP contribution in [0.4, 0.5) is 0 Å². The summed E-state index contributed by atoms with van der Waals surface area (Å²) in [7, 11) is 0. The molecule has 0 saturated heterocycles. The Kier molecular flexibility index (Phi) is 8.08. The van der Waals surface area contributed by atoms with Crippen molar-refractivity contribution in [3.05, 3.63) is 34.9 Å². The number of esters is 4. The third-order valence-corrected chi connectivity index (χ3v) is 3.66. The van der Waals surface area contributed by atoms with Crippen LogP contribution in [0, 0.1) is 0 Å². The van der Waals surface area contributed by atoms with Gasteiger partial charge in [-0.15, -0.1) is 0 Å². The predicted molar refractivity (Wildman–Crippen MR) is 89.3 cm³/mol. The average molecular weight is 366 g/mol. The van der Waals surface area contributed by atoms with Crippen LogP contribution in [0.3, 0.4) is 0 Å². The van der Waals surface area contributed by atoms with Crippen molar-refractivity contribution in [3.8, 4) is 0 Å². The molecule has 0 saturated carbocycles. The number of ether oxygens (including phenoxy) is 2. The highest BCUT2D eigenvalue weighted by Gasteiger charge is 2.28. The smallest absolute Gasteiger partial charge is 0.347 e. The van der Waals surface area contributed by atoms with Gasteiger partial charge in [-0.25, -0.2) is 19.2 Å². The maximum absolute atomic E-state index is 12.4. The minimum absolute atomic E-state index is 0.0550. The van der Waals surface area contributed by atoms with Gasteiger partial charge in [0.25, 0.3) is 0 Å². The Morgan fingerprint density at radius 1 is 0.885 bits per heavy atom. The first-order chi connectivity index (χ1) is 12.3. The maximum Gasteiger partial charge on any atom is 0.347 e. The van der Waals surface area contributed by atoms with Crippen LogP contribution in [-0.2, 0) is 25.5 Å². The number of benzene rings is 1. The highest BCUT2D eigenvalue weighted by Crippen LogP contribution is 2.19. The van der Waals surface area contributed by atoms with E-state index in [0.29, 0.717) is 12.0 Å². The monoisotopic (exact) mass is 366 g/mol. The molecule has 1 rings (SSSR count).